The highest BCUT2D eigenvalue weighted by Gasteiger charge is 2.29. The zero-order chi connectivity index (χ0) is 13.8. The molecule has 0 aromatic carbocycles. The number of hydrogen-bond acceptors (Lipinski definition) is 5. The summed E-state index contributed by atoms with van der Waals surface area (Å²) < 4.78 is 0. The second kappa shape index (κ2) is 5.79. The highest BCUT2D eigenvalue weighted by Crippen LogP contribution is 2.22. The predicted octanol–water partition coefficient (Wildman–Crippen LogP) is 0.634. The van der Waals surface area contributed by atoms with Gasteiger partial charge in [0, 0.05) is 6.20 Å². The number of rotatable bonds is 6. The van der Waals surface area contributed by atoms with Crippen molar-refractivity contribution in [1.29, 1.82) is 0 Å². The van der Waals surface area contributed by atoms with Crippen LogP contribution in [0.4, 0.5) is 5.82 Å². The number of nitrogens with one attached hydrogen (secondary N) is 1. The largest absolute Gasteiger partial charge is 0.478 e. The highest BCUT2D eigenvalue weighted by atomic mass is 16.4. The van der Waals surface area contributed by atoms with Crippen molar-refractivity contribution in [3.8, 4) is 0 Å². The van der Waals surface area contributed by atoms with Crippen LogP contribution in [-0.2, 0) is 0 Å². The Balaban J connectivity index is 3.18. The number of nitrogens with zero attached hydrogens (tertiary/aromatic N) is 1. The van der Waals surface area contributed by atoms with Gasteiger partial charge in [-0.3, -0.25) is 0 Å². The molecule has 18 heavy (non-hydrogen) atoms. The first kappa shape index (κ1) is 14.4. The maximum Gasteiger partial charge on any atom is 0.339 e. The van der Waals surface area contributed by atoms with E-state index < -0.39 is 11.5 Å². The average molecular weight is 254 g/mol. The van der Waals surface area contributed by atoms with Crippen LogP contribution >= 0.6 is 0 Å². The summed E-state index contributed by atoms with van der Waals surface area (Å²) >= 11 is 0. The number of hydrogen-bond donors (Lipinski definition) is 4. The number of aryl methyl sites for hydroxylation is 1. The Morgan fingerprint density at radius 2 is 2.06 bits per heavy atom. The Bertz CT molecular complexity index is 422. The highest BCUT2D eigenvalue weighted by molar-refractivity contribution is 5.94. The molecule has 0 unspecified atom stereocenters. The van der Waals surface area contributed by atoms with E-state index >= 15 is 0 Å². The fourth-order valence-electron chi connectivity index (χ4n) is 1.62. The molecule has 0 aliphatic heterocycles. The number of aliphatic hydroxyl groups excluding tert-OH is 2. The van der Waals surface area contributed by atoms with Crippen LogP contribution in [0.25, 0.3) is 0 Å². The lowest BCUT2D eigenvalue weighted by molar-refractivity contribution is 0.0695. The summed E-state index contributed by atoms with van der Waals surface area (Å²) in [7, 11) is 0. The number of aromatic nitrogens is 1. The minimum atomic E-state index is -1.09. The molecule has 0 aliphatic rings. The fourth-order valence-corrected chi connectivity index (χ4v) is 1.62. The lowest BCUT2D eigenvalue weighted by Gasteiger charge is -2.31. The molecule has 0 spiro atoms. The summed E-state index contributed by atoms with van der Waals surface area (Å²) in [5.41, 5.74) is -0.344. The van der Waals surface area contributed by atoms with E-state index in [1.165, 1.54) is 6.20 Å². The summed E-state index contributed by atoms with van der Waals surface area (Å²) in [5, 5.41) is 30.7. The van der Waals surface area contributed by atoms with E-state index in [4.69, 9.17) is 5.11 Å². The number of carbonyl (C=O) groups is 1. The van der Waals surface area contributed by atoms with Gasteiger partial charge in [0.05, 0.1) is 18.8 Å². The van der Waals surface area contributed by atoms with Crippen molar-refractivity contribution in [1.82, 2.24) is 4.98 Å². The molecular weight excluding hydrogens is 236 g/mol. The van der Waals surface area contributed by atoms with E-state index in [0.717, 1.165) is 0 Å². The quantitative estimate of drug-likeness (QED) is 0.594. The number of aromatic carboxylic acids is 1. The number of aliphatic hydroxyl groups is 2. The third kappa shape index (κ3) is 2.77. The SMILES string of the molecule is CCC(CO)(CO)Nc1nccc(C)c1C(=O)O. The van der Waals surface area contributed by atoms with Crippen LogP contribution in [0.5, 0.6) is 0 Å². The van der Waals surface area contributed by atoms with Gasteiger partial charge in [-0.1, -0.05) is 6.92 Å². The summed E-state index contributed by atoms with van der Waals surface area (Å²) in [6.07, 6.45) is 1.92. The Hall–Kier alpha value is -1.66. The average Bonchev–Trinajstić information content (AvgIpc) is 2.35. The van der Waals surface area contributed by atoms with E-state index in [1.807, 2.05) is 0 Å². The summed E-state index contributed by atoms with van der Waals surface area (Å²) in [6.45, 7) is 2.83. The molecule has 1 aromatic heterocycles. The molecule has 0 amide bonds. The van der Waals surface area contributed by atoms with E-state index in [-0.39, 0.29) is 24.6 Å². The van der Waals surface area contributed by atoms with Gasteiger partial charge >= 0.3 is 5.97 Å². The van der Waals surface area contributed by atoms with Gasteiger partial charge in [-0.15, -0.1) is 0 Å². The van der Waals surface area contributed by atoms with E-state index in [1.54, 1.807) is 19.9 Å². The molecule has 4 N–H and O–H groups in total. The van der Waals surface area contributed by atoms with Crippen LogP contribution in [0.2, 0.25) is 0 Å². The zero-order valence-corrected chi connectivity index (χ0v) is 10.5. The van der Waals surface area contributed by atoms with E-state index in [0.29, 0.717) is 12.0 Å². The predicted molar refractivity (Wildman–Crippen MR) is 66.7 cm³/mol. The van der Waals surface area contributed by atoms with Gasteiger partial charge in [-0.05, 0) is 25.0 Å². The topological polar surface area (TPSA) is 103 Å². The van der Waals surface area contributed by atoms with Gasteiger partial charge in [0.2, 0.25) is 0 Å². The van der Waals surface area contributed by atoms with Gasteiger partial charge in [-0.25, -0.2) is 9.78 Å². The van der Waals surface area contributed by atoms with Crippen LogP contribution in [0.15, 0.2) is 12.3 Å². The van der Waals surface area contributed by atoms with Gasteiger partial charge in [0.25, 0.3) is 0 Å². The molecule has 0 atom stereocenters. The number of anilines is 1. The molecule has 0 radical (unpaired) electrons. The molecule has 0 bridgehead atoms. The fraction of sp³-hybridized carbons (Fsp3) is 0.500. The number of carboxylic acid groups (broad SMARTS) is 1. The molecule has 0 saturated heterocycles. The molecule has 0 aliphatic carbocycles. The van der Waals surface area contributed by atoms with Crippen molar-refractivity contribution in [3.63, 3.8) is 0 Å². The first-order valence-corrected chi connectivity index (χ1v) is 5.68. The smallest absolute Gasteiger partial charge is 0.339 e. The normalized spacial score (nSPS) is 11.3. The minimum absolute atomic E-state index is 0.0530. The summed E-state index contributed by atoms with van der Waals surface area (Å²) in [5.74, 6) is -0.934. The maximum absolute atomic E-state index is 11.2. The van der Waals surface area contributed by atoms with Crippen molar-refractivity contribution >= 4 is 11.8 Å². The van der Waals surface area contributed by atoms with E-state index in [2.05, 4.69) is 10.3 Å². The molecule has 6 heteroatoms. The Morgan fingerprint density at radius 3 is 2.50 bits per heavy atom. The maximum atomic E-state index is 11.2. The molecule has 6 nitrogen and oxygen atoms in total. The Kier molecular flexibility index (Phi) is 4.63. The lowest BCUT2D eigenvalue weighted by Crippen LogP contribution is -2.45. The lowest BCUT2D eigenvalue weighted by atomic mass is 9.97. The van der Waals surface area contributed by atoms with Crippen LogP contribution in [0.3, 0.4) is 0 Å². The van der Waals surface area contributed by atoms with Crippen LogP contribution < -0.4 is 5.32 Å². The van der Waals surface area contributed by atoms with Gasteiger partial charge < -0.3 is 20.6 Å². The molecular formula is C12H18N2O4. The van der Waals surface area contributed by atoms with Crippen molar-refractivity contribution in [2.75, 3.05) is 18.5 Å². The van der Waals surface area contributed by atoms with Gasteiger partial charge in [0.15, 0.2) is 0 Å². The number of pyridine rings is 1. The Morgan fingerprint density at radius 1 is 1.44 bits per heavy atom. The molecule has 1 rings (SSSR count). The number of carboxylic acids is 1. The third-order valence-electron chi connectivity index (χ3n) is 3.04. The molecule has 1 aromatic rings. The standard InChI is InChI=1S/C12H18N2O4/c1-3-12(6-15,7-16)14-10-9(11(17)18)8(2)4-5-13-10/h4-5,15-16H,3,6-7H2,1-2H3,(H,13,14)(H,17,18). The van der Waals surface area contributed by atoms with Gasteiger partial charge in [0.1, 0.15) is 11.4 Å². The van der Waals surface area contributed by atoms with Crippen LogP contribution in [0.1, 0.15) is 29.3 Å². The monoisotopic (exact) mass is 254 g/mol. The van der Waals surface area contributed by atoms with Crippen molar-refractivity contribution in [3.05, 3.63) is 23.4 Å². The molecule has 1 heterocycles. The molecule has 0 saturated carbocycles. The summed E-state index contributed by atoms with van der Waals surface area (Å²) in [4.78, 5) is 15.2. The van der Waals surface area contributed by atoms with Crippen LogP contribution in [-0.4, -0.2) is 45.0 Å². The zero-order valence-electron chi connectivity index (χ0n) is 10.5. The molecule has 100 valence electrons. The second-order valence-electron chi connectivity index (χ2n) is 4.23. The van der Waals surface area contributed by atoms with E-state index in [9.17, 15) is 15.0 Å². The van der Waals surface area contributed by atoms with Crippen molar-refractivity contribution in [2.24, 2.45) is 0 Å². The second-order valence-corrected chi connectivity index (χ2v) is 4.23. The molecule has 0 fully saturated rings. The first-order valence-electron chi connectivity index (χ1n) is 5.68. The summed E-state index contributed by atoms with van der Waals surface area (Å²) in [6, 6.07) is 1.60. The van der Waals surface area contributed by atoms with Crippen LogP contribution in [0, 0.1) is 6.92 Å². The minimum Gasteiger partial charge on any atom is -0.478 e. The van der Waals surface area contributed by atoms with Crippen molar-refractivity contribution in [2.45, 2.75) is 25.8 Å². The van der Waals surface area contributed by atoms with Gasteiger partial charge in [-0.2, -0.15) is 0 Å². The third-order valence-corrected chi connectivity index (χ3v) is 3.04. The van der Waals surface area contributed by atoms with Crippen molar-refractivity contribution < 1.29 is 20.1 Å². The first-order chi connectivity index (χ1) is 8.49. The Labute approximate surface area is 105 Å².